The van der Waals surface area contributed by atoms with Crippen molar-refractivity contribution in [2.75, 3.05) is 31.5 Å². The molecule has 0 spiro atoms. The zero-order valence-corrected chi connectivity index (χ0v) is 11.7. The second kappa shape index (κ2) is 6.81. The molecule has 1 aromatic rings. The molecule has 0 aliphatic carbocycles. The van der Waals surface area contributed by atoms with Crippen LogP contribution in [0, 0.1) is 11.3 Å². The van der Waals surface area contributed by atoms with Crippen LogP contribution in [0.3, 0.4) is 0 Å². The van der Waals surface area contributed by atoms with Crippen LogP contribution in [0.2, 0.25) is 0 Å². The van der Waals surface area contributed by atoms with Crippen molar-refractivity contribution in [3.63, 3.8) is 0 Å². The summed E-state index contributed by atoms with van der Waals surface area (Å²) in [6.07, 6.45) is -0.802. The summed E-state index contributed by atoms with van der Waals surface area (Å²) in [6, 6.07) is 5.21. The summed E-state index contributed by atoms with van der Waals surface area (Å²) < 4.78 is 38.1. The largest absolute Gasteiger partial charge is 0.417 e. The van der Waals surface area contributed by atoms with Crippen molar-refractivity contribution in [1.82, 2.24) is 4.90 Å². The molecule has 1 aliphatic heterocycles. The van der Waals surface area contributed by atoms with Gasteiger partial charge in [0.25, 0.3) is 0 Å². The molecule has 21 heavy (non-hydrogen) atoms. The molecule has 0 amide bonds. The van der Waals surface area contributed by atoms with Gasteiger partial charge in [0.15, 0.2) is 0 Å². The van der Waals surface area contributed by atoms with Gasteiger partial charge in [0.1, 0.15) is 0 Å². The molecule has 0 unspecified atom stereocenters. The Balaban J connectivity index is 1.93. The third-order valence-electron chi connectivity index (χ3n) is 3.65. The summed E-state index contributed by atoms with van der Waals surface area (Å²) in [5, 5.41) is 11.9. The number of hydrogen-bond acceptors (Lipinski definition) is 3. The number of hydrogen-bond donors (Lipinski definition) is 1. The van der Waals surface area contributed by atoms with Gasteiger partial charge in [-0.3, -0.25) is 0 Å². The van der Waals surface area contributed by atoms with Crippen LogP contribution in [-0.2, 0) is 6.18 Å². The van der Waals surface area contributed by atoms with Crippen LogP contribution >= 0.6 is 0 Å². The minimum atomic E-state index is -4.49. The first-order chi connectivity index (χ1) is 10.0. The third kappa shape index (κ3) is 4.36. The summed E-state index contributed by atoms with van der Waals surface area (Å²) in [5.74, 6) is 0. The lowest BCUT2D eigenvalue weighted by molar-refractivity contribution is -0.137. The van der Waals surface area contributed by atoms with Crippen molar-refractivity contribution in [3.05, 3.63) is 29.3 Å². The molecular formula is C15H18F3N3. The first kappa shape index (κ1) is 15.6. The highest BCUT2D eigenvalue weighted by Crippen LogP contribution is 2.32. The van der Waals surface area contributed by atoms with Gasteiger partial charge >= 0.3 is 6.18 Å². The number of likely N-dealkylation sites (tertiary alicyclic amines) is 1. The molecule has 0 saturated carbocycles. The van der Waals surface area contributed by atoms with Gasteiger partial charge in [-0.1, -0.05) is 6.42 Å². The van der Waals surface area contributed by atoms with Crippen molar-refractivity contribution < 1.29 is 13.2 Å². The van der Waals surface area contributed by atoms with E-state index >= 15 is 0 Å². The first-order valence-electron chi connectivity index (χ1n) is 7.08. The summed E-state index contributed by atoms with van der Waals surface area (Å²) in [6.45, 7) is 3.69. The van der Waals surface area contributed by atoms with Gasteiger partial charge in [-0.25, -0.2) is 0 Å². The van der Waals surface area contributed by atoms with Gasteiger partial charge in [0.2, 0.25) is 0 Å². The summed E-state index contributed by atoms with van der Waals surface area (Å²) in [4.78, 5) is 2.34. The van der Waals surface area contributed by atoms with Crippen LogP contribution in [0.1, 0.15) is 30.4 Å². The molecule has 1 saturated heterocycles. The average Bonchev–Trinajstić information content (AvgIpc) is 2.47. The maximum Gasteiger partial charge on any atom is 0.417 e. The van der Waals surface area contributed by atoms with E-state index in [4.69, 9.17) is 5.26 Å². The number of nitrogens with zero attached hydrogens (tertiary/aromatic N) is 2. The van der Waals surface area contributed by atoms with E-state index in [9.17, 15) is 13.2 Å². The number of anilines is 1. The molecule has 2 rings (SSSR count). The maximum atomic E-state index is 12.7. The minimum Gasteiger partial charge on any atom is -0.384 e. The maximum absolute atomic E-state index is 12.7. The number of piperidine rings is 1. The zero-order chi connectivity index (χ0) is 15.3. The van der Waals surface area contributed by atoms with E-state index < -0.39 is 11.7 Å². The molecule has 1 fully saturated rings. The van der Waals surface area contributed by atoms with Crippen LogP contribution in [0.4, 0.5) is 18.9 Å². The molecule has 0 bridgehead atoms. The fourth-order valence-corrected chi connectivity index (χ4v) is 2.54. The highest BCUT2D eigenvalue weighted by molar-refractivity contribution is 5.53. The molecule has 0 atom stereocenters. The highest BCUT2D eigenvalue weighted by Gasteiger charge is 2.33. The second-order valence-electron chi connectivity index (χ2n) is 5.20. The molecule has 0 radical (unpaired) electrons. The van der Waals surface area contributed by atoms with Gasteiger partial charge in [-0.05, 0) is 44.1 Å². The normalized spacial score (nSPS) is 16.5. The predicted molar refractivity (Wildman–Crippen MR) is 74.9 cm³/mol. The smallest absolute Gasteiger partial charge is 0.384 e. The predicted octanol–water partition coefficient (Wildman–Crippen LogP) is 3.47. The van der Waals surface area contributed by atoms with E-state index in [1.165, 1.54) is 31.4 Å². The standard InChI is InChI=1S/C15H18F3N3/c16-15(17,18)14-5-4-13(10-12(14)11-19)20-6-9-21-7-2-1-3-8-21/h4-5,10,20H,1-3,6-9H2. The summed E-state index contributed by atoms with van der Waals surface area (Å²) in [5.41, 5.74) is -0.673. The van der Waals surface area contributed by atoms with Gasteiger partial charge in [0, 0.05) is 18.8 Å². The van der Waals surface area contributed by atoms with Crippen LogP contribution in [0.25, 0.3) is 0 Å². The number of halogens is 3. The van der Waals surface area contributed by atoms with Gasteiger partial charge in [-0.15, -0.1) is 0 Å². The Morgan fingerprint density at radius 2 is 1.90 bits per heavy atom. The Hall–Kier alpha value is -1.74. The van der Waals surface area contributed by atoms with Crippen LogP contribution in [0.5, 0.6) is 0 Å². The Morgan fingerprint density at radius 1 is 1.19 bits per heavy atom. The Morgan fingerprint density at radius 3 is 2.52 bits per heavy atom. The van der Waals surface area contributed by atoms with Crippen molar-refractivity contribution in [1.29, 1.82) is 5.26 Å². The molecule has 6 heteroatoms. The molecule has 0 aromatic heterocycles. The Bertz CT molecular complexity index is 514. The van der Waals surface area contributed by atoms with Crippen LogP contribution in [0.15, 0.2) is 18.2 Å². The van der Waals surface area contributed by atoms with Crippen molar-refractivity contribution in [2.24, 2.45) is 0 Å². The van der Waals surface area contributed by atoms with Crippen molar-refractivity contribution in [3.8, 4) is 6.07 Å². The first-order valence-corrected chi connectivity index (χ1v) is 7.08. The molecule has 1 aromatic carbocycles. The quantitative estimate of drug-likeness (QED) is 0.925. The molecule has 1 N–H and O–H groups in total. The van der Waals surface area contributed by atoms with Crippen LogP contribution in [-0.4, -0.2) is 31.1 Å². The molecule has 114 valence electrons. The third-order valence-corrected chi connectivity index (χ3v) is 3.65. The Kier molecular flexibility index (Phi) is 5.07. The number of rotatable bonds is 4. The van der Waals surface area contributed by atoms with Crippen molar-refractivity contribution >= 4 is 5.69 Å². The van der Waals surface area contributed by atoms with Gasteiger partial charge in [0.05, 0.1) is 17.2 Å². The Labute approximate surface area is 122 Å². The minimum absolute atomic E-state index is 0.342. The molecule has 1 heterocycles. The molecule has 3 nitrogen and oxygen atoms in total. The summed E-state index contributed by atoms with van der Waals surface area (Å²) >= 11 is 0. The van der Waals surface area contributed by atoms with E-state index in [1.54, 1.807) is 6.07 Å². The molecule has 1 aliphatic rings. The van der Waals surface area contributed by atoms with Crippen molar-refractivity contribution in [2.45, 2.75) is 25.4 Å². The fraction of sp³-hybridized carbons (Fsp3) is 0.533. The average molecular weight is 297 g/mol. The lowest BCUT2D eigenvalue weighted by atomic mass is 10.1. The molecular weight excluding hydrogens is 279 g/mol. The number of alkyl halides is 3. The van der Waals surface area contributed by atoms with E-state index in [-0.39, 0.29) is 5.56 Å². The van der Waals surface area contributed by atoms with E-state index in [0.717, 1.165) is 25.7 Å². The van der Waals surface area contributed by atoms with E-state index in [2.05, 4.69) is 10.2 Å². The SMILES string of the molecule is N#Cc1cc(NCCN2CCCCC2)ccc1C(F)(F)F. The lowest BCUT2D eigenvalue weighted by Crippen LogP contribution is -2.33. The van der Waals surface area contributed by atoms with Crippen LogP contribution < -0.4 is 5.32 Å². The second-order valence-corrected chi connectivity index (χ2v) is 5.20. The number of nitrogens with one attached hydrogen (secondary N) is 1. The topological polar surface area (TPSA) is 39.1 Å². The van der Waals surface area contributed by atoms with E-state index in [0.29, 0.717) is 12.2 Å². The fourth-order valence-electron chi connectivity index (χ4n) is 2.54. The monoisotopic (exact) mass is 297 g/mol. The lowest BCUT2D eigenvalue weighted by Gasteiger charge is -2.26. The summed E-state index contributed by atoms with van der Waals surface area (Å²) in [7, 11) is 0. The zero-order valence-electron chi connectivity index (χ0n) is 11.7. The highest BCUT2D eigenvalue weighted by atomic mass is 19.4. The number of nitriles is 1. The van der Waals surface area contributed by atoms with E-state index in [1.807, 2.05) is 0 Å². The van der Waals surface area contributed by atoms with Gasteiger partial charge in [-0.2, -0.15) is 18.4 Å². The van der Waals surface area contributed by atoms with Gasteiger partial charge < -0.3 is 10.2 Å². The number of benzene rings is 1.